The van der Waals surface area contributed by atoms with E-state index in [1.165, 1.54) is 32.1 Å². The van der Waals surface area contributed by atoms with Crippen molar-refractivity contribution in [3.05, 3.63) is 0 Å². The van der Waals surface area contributed by atoms with Crippen molar-refractivity contribution in [2.75, 3.05) is 45.9 Å². The maximum atomic E-state index is 10.3. The summed E-state index contributed by atoms with van der Waals surface area (Å²) in [6.45, 7) is 8.46. The van der Waals surface area contributed by atoms with Crippen molar-refractivity contribution in [3.63, 3.8) is 0 Å². The molecule has 0 amide bonds. The monoisotopic (exact) mass is 270 g/mol. The Morgan fingerprint density at radius 2 is 1.89 bits per heavy atom. The summed E-state index contributed by atoms with van der Waals surface area (Å²) in [4.78, 5) is 4.81. The van der Waals surface area contributed by atoms with E-state index in [0.29, 0.717) is 6.04 Å². The lowest BCUT2D eigenvalue weighted by Gasteiger charge is -2.36. The number of likely N-dealkylation sites (N-methyl/N-ethyl adjacent to an activating group) is 1. The van der Waals surface area contributed by atoms with Gasteiger partial charge in [0.2, 0.25) is 0 Å². The lowest BCUT2D eigenvalue weighted by Crippen LogP contribution is -2.47. The summed E-state index contributed by atoms with van der Waals surface area (Å²) in [6.07, 6.45) is 6.53. The molecule has 1 unspecified atom stereocenters. The molecular weight excluding hydrogens is 240 g/mol. The van der Waals surface area contributed by atoms with Gasteiger partial charge in [0.1, 0.15) is 0 Å². The Balaban J connectivity index is 1.73. The number of hydrogen-bond donors (Lipinski definition) is 1. The molecule has 1 atom stereocenters. The predicted octanol–water partition coefficient (Wildman–Crippen LogP) is 1.33. The van der Waals surface area contributed by atoms with Crippen LogP contribution in [-0.2, 0) is 4.74 Å². The fourth-order valence-corrected chi connectivity index (χ4v) is 3.39. The Morgan fingerprint density at radius 1 is 1.21 bits per heavy atom. The third-order valence-corrected chi connectivity index (χ3v) is 4.52. The van der Waals surface area contributed by atoms with Crippen molar-refractivity contribution < 1.29 is 9.84 Å². The Labute approximate surface area is 117 Å². The minimum atomic E-state index is -0.222. The third-order valence-electron chi connectivity index (χ3n) is 4.52. The molecule has 0 aromatic carbocycles. The van der Waals surface area contributed by atoms with Gasteiger partial charge in [-0.1, -0.05) is 26.2 Å². The molecule has 2 fully saturated rings. The average Bonchev–Trinajstić information content (AvgIpc) is 2.47. The molecule has 19 heavy (non-hydrogen) atoms. The van der Waals surface area contributed by atoms with Gasteiger partial charge in [0.25, 0.3) is 0 Å². The zero-order chi connectivity index (χ0) is 13.5. The highest BCUT2D eigenvalue weighted by Crippen LogP contribution is 2.22. The van der Waals surface area contributed by atoms with Crippen LogP contribution in [0.5, 0.6) is 0 Å². The van der Waals surface area contributed by atoms with Gasteiger partial charge in [-0.2, -0.15) is 0 Å². The minimum absolute atomic E-state index is 0.222. The van der Waals surface area contributed by atoms with Gasteiger partial charge >= 0.3 is 0 Å². The van der Waals surface area contributed by atoms with Crippen LogP contribution in [0.3, 0.4) is 0 Å². The quantitative estimate of drug-likeness (QED) is 0.790. The molecule has 0 aromatic heterocycles. The van der Waals surface area contributed by atoms with Crippen LogP contribution in [0.15, 0.2) is 0 Å². The molecule has 2 aliphatic rings. The van der Waals surface area contributed by atoms with Crippen LogP contribution in [0.25, 0.3) is 0 Å². The zero-order valence-corrected chi connectivity index (χ0v) is 12.4. The van der Waals surface area contributed by atoms with Crippen molar-refractivity contribution >= 4 is 0 Å². The van der Waals surface area contributed by atoms with Crippen molar-refractivity contribution in [1.29, 1.82) is 0 Å². The van der Waals surface area contributed by atoms with E-state index in [1.54, 1.807) is 0 Å². The summed E-state index contributed by atoms with van der Waals surface area (Å²) in [5, 5.41) is 10.3. The summed E-state index contributed by atoms with van der Waals surface area (Å²) >= 11 is 0. The molecule has 112 valence electrons. The first-order chi connectivity index (χ1) is 9.29. The van der Waals surface area contributed by atoms with Crippen molar-refractivity contribution in [2.45, 2.75) is 51.2 Å². The number of aliphatic hydroxyl groups is 1. The Kier molecular flexibility index (Phi) is 6.57. The Bertz CT molecular complexity index is 238. The maximum absolute atomic E-state index is 10.3. The van der Waals surface area contributed by atoms with Crippen LogP contribution in [-0.4, -0.2) is 73.0 Å². The SMILES string of the molecule is CCN(CC(O)CN1CCOCC1)C1CCCCC1. The lowest BCUT2D eigenvalue weighted by atomic mass is 9.94. The van der Waals surface area contributed by atoms with Gasteiger partial charge in [0.05, 0.1) is 19.3 Å². The van der Waals surface area contributed by atoms with E-state index >= 15 is 0 Å². The van der Waals surface area contributed by atoms with E-state index in [9.17, 15) is 5.11 Å². The number of hydrogen-bond acceptors (Lipinski definition) is 4. The molecule has 1 N–H and O–H groups in total. The van der Waals surface area contributed by atoms with Gasteiger partial charge in [0.15, 0.2) is 0 Å². The molecule has 1 heterocycles. The van der Waals surface area contributed by atoms with E-state index in [4.69, 9.17) is 4.74 Å². The number of aliphatic hydroxyl groups excluding tert-OH is 1. The number of nitrogens with zero attached hydrogens (tertiary/aromatic N) is 2. The molecule has 1 aliphatic carbocycles. The molecule has 1 aliphatic heterocycles. The summed E-state index contributed by atoms with van der Waals surface area (Å²) in [5.74, 6) is 0. The molecule has 1 saturated carbocycles. The Hall–Kier alpha value is -0.160. The zero-order valence-electron chi connectivity index (χ0n) is 12.4. The van der Waals surface area contributed by atoms with Crippen LogP contribution in [0.1, 0.15) is 39.0 Å². The van der Waals surface area contributed by atoms with Crippen LogP contribution < -0.4 is 0 Å². The van der Waals surface area contributed by atoms with Crippen LogP contribution in [0, 0.1) is 0 Å². The molecule has 4 nitrogen and oxygen atoms in total. The molecule has 0 aromatic rings. The number of ether oxygens (including phenoxy) is 1. The lowest BCUT2D eigenvalue weighted by molar-refractivity contribution is 0.00171. The molecule has 4 heteroatoms. The fraction of sp³-hybridized carbons (Fsp3) is 1.00. The second kappa shape index (κ2) is 8.20. The normalized spacial score (nSPS) is 24.8. The highest BCUT2D eigenvalue weighted by atomic mass is 16.5. The average molecular weight is 270 g/mol. The molecule has 0 spiro atoms. The van der Waals surface area contributed by atoms with E-state index < -0.39 is 0 Å². The van der Waals surface area contributed by atoms with Gasteiger partial charge in [-0.25, -0.2) is 0 Å². The maximum Gasteiger partial charge on any atom is 0.0793 e. The van der Waals surface area contributed by atoms with Crippen LogP contribution in [0.2, 0.25) is 0 Å². The van der Waals surface area contributed by atoms with Crippen molar-refractivity contribution in [1.82, 2.24) is 9.80 Å². The van der Waals surface area contributed by atoms with Crippen LogP contribution >= 0.6 is 0 Å². The highest BCUT2D eigenvalue weighted by Gasteiger charge is 2.23. The molecular formula is C15H30N2O2. The van der Waals surface area contributed by atoms with Gasteiger partial charge in [-0.15, -0.1) is 0 Å². The molecule has 0 bridgehead atoms. The van der Waals surface area contributed by atoms with E-state index in [-0.39, 0.29) is 6.10 Å². The summed E-state index contributed by atoms with van der Waals surface area (Å²) in [6, 6.07) is 0.707. The van der Waals surface area contributed by atoms with Gasteiger partial charge in [0, 0.05) is 32.2 Å². The third kappa shape index (κ3) is 5.03. The first kappa shape index (κ1) is 15.2. The van der Waals surface area contributed by atoms with Gasteiger partial charge in [-0.05, 0) is 19.4 Å². The fourth-order valence-electron chi connectivity index (χ4n) is 3.39. The summed E-state index contributed by atoms with van der Waals surface area (Å²) in [5.41, 5.74) is 0. The molecule has 0 radical (unpaired) electrons. The predicted molar refractivity (Wildman–Crippen MR) is 77.4 cm³/mol. The number of morpholine rings is 1. The standard InChI is InChI=1S/C15H30N2O2/c1-2-17(14-6-4-3-5-7-14)13-15(18)12-16-8-10-19-11-9-16/h14-15,18H,2-13H2,1H3. The van der Waals surface area contributed by atoms with E-state index in [0.717, 1.165) is 45.9 Å². The highest BCUT2D eigenvalue weighted by molar-refractivity contribution is 4.78. The first-order valence-electron chi connectivity index (χ1n) is 8.01. The Morgan fingerprint density at radius 3 is 2.53 bits per heavy atom. The van der Waals surface area contributed by atoms with E-state index in [1.807, 2.05) is 0 Å². The van der Waals surface area contributed by atoms with Crippen LogP contribution in [0.4, 0.5) is 0 Å². The molecule has 2 rings (SSSR count). The number of β-amino-alcohol motifs (C(OH)–C–C–N with tert-alkyl or cyclic N) is 1. The largest absolute Gasteiger partial charge is 0.390 e. The molecule has 1 saturated heterocycles. The van der Waals surface area contributed by atoms with E-state index in [2.05, 4.69) is 16.7 Å². The second-order valence-electron chi connectivity index (χ2n) is 5.95. The number of rotatable bonds is 6. The van der Waals surface area contributed by atoms with Crippen molar-refractivity contribution in [3.8, 4) is 0 Å². The first-order valence-corrected chi connectivity index (χ1v) is 8.01. The van der Waals surface area contributed by atoms with Gasteiger partial charge < -0.3 is 9.84 Å². The van der Waals surface area contributed by atoms with Crippen molar-refractivity contribution in [2.24, 2.45) is 0 Å². The second-order valence-corrected chi connectivity index (χ2v) is 5.95. The summed E-state index contributed by atoms with van der Waals surface area (Å²) in [7, 11) is 0. The summed E-state index contributed by atoms with van der Waals surface area (Å²) < 4.78 is 5.35. The minimum Gasteiger partial charge on any atom is -0.390 e. The topological polar surface area (TPSA) is 35.9 Å². The smallest absolute Gasteiger partial charge is 0.0793 e. The van der Waals surface area contributed by atoms with Gasteiger partial charge in [-0.3, -0.25) is 9.80 Å².